The van der Waals surface area contributed by atoms with Crippen molar-refractivity contribution in [2.24, 2.45) is 0 Å². The Morgan fingerprint density at radius 3 is 1.73 bits per heavy atom. The molecule has 0 spiro atoms. The predicted octanol–water partition coefficient (Wildman–Crippen LogP) is 7.23. The van der Waals surface area contributed by atoms with Crippen LogP contribution in [0.1, 0.15) is 53.1 Å². The maximum atomic E-state index is 11.2. The number of halogens is 1. The summed E-state index contributed by atoms with van der Waals surface area (Å²) in [6, 6.07) is 40.6. The molecule has 10 heteroatoms. The van der Waals surface area contributed by atoms with Crippen LogP contribution in [0.15, 0.2) is 140 Å². The molecule has 2 heterocycles. The van der Waals surface area contributed by atoms with E-state index < -0.39 is 5.54 Å². The summed E-state index contributed by atoms with van der Waals surface area (Å²) >= 11 is 0. The van der Waals surface area contributed by atoms with Gasteiger partial charge in [0.05, 0.1) is 41.9 Å². The first-order chi connectivity index (χ1) is 23.4. The molecular formula is C39H36BrN5O4. The number of hydrogen-bond donors (Lipinski definition) is 0. The zero-order valence-electron chi connectivity index (χ0n) is 27.2. The number of nitriles is 1. The van der Waals surface area contributed by atoms with Crippen molar-refractivity contribution < 1.29 is 19.1 Å². The second kappa shape index (κ2) is 17.4. The van der Waals surface area contributed by atoms with Crippen molar-refractivity contribution in [3.8, 4) is 6.07 Å². The lowest BCUT2D eigenvalue weighted by Gasteiger charge is -2.37. The Morgan fingerprint density at radius 1 is 0.735 bits per heavy atom. The van der Waals surface area contributed by atoms with Crippen molar-refractivity contribution in [2.45, 2.75) is 39.1 Å². The maximum Gasteiger partial charge on any atom is 0.303 e. The first-order valence-corrected chi connectivity index (χ1v) is 15.3. The number of carbonyl (C=O) groups is 2. The van der Waals surface area contributed by atoms with Gasteiger partial charge in [0.15, 0.2) is 0 Å². The van der Waals surface area contributed by atoms with Gasteiger partial charge in [0.2, 0.25) is 0 Å². The molecule has 0 saturated heterocycles. The van der Waals surface area contributed by atoms with Crippen molar-refractivity contribution in [1.29, 1.82) is 5.26 Å². The molecule has 0 bridgehead atoms. The molecule has 0 N–H and O–H groups in total. The maximum absolute atomic E-state index is 11.2. The van der Waals surface area contributed by atoms with Gasteiger partial charge in [-0.15, -0.1) is 17.0 Å². The number of imidazole rings is 2. The number of ether oxygens (including phenoxy) is 2. The molecule has 0 unspecified atom stereocenters. The Hall–Kier alpha value is -5.79. The Balaban J connectivity index is 0.000000236. The number of hydrogen-bond acceptors (Lipinski definition) is 7. The smallest absolute Gasteiger partial charge is 0.303 e. The molecule has 0 aliphatic carbocycles. The second-order valence-electron chi connectivity index (χ2n) is 11.0. The minimum atomic E-state index is -0.606. The highest BCUT2D eigenvalue weighted by molar-refractivity contribution is 8.93. The van der Waals surface area contributed by atoms with Gasteiger partial charge in [0, 0.05) is 26.6 Å². The van der Waals surface area contributed by atoms with Gasteiger partial charge < -0.3 is 18.6 Å². The van der Waals surface area contributed by atoms with Crippen molar-refractivity contribution in [1.82, 2.24) is 19.1 Å². The van der Waals surface area contributed by atoms with E-state index in [2.05, 4.69) is 57.0 Å². The Labute approximate surface area is 296 Å². The molecule has 6 aromatic rings. The normalized spacial score (nSPS) is 10.5. The van der Waals surface area contributed by atoms with E-state index in [0.717, 1.165) is 27.9 Å². The number of benzene rings is 4. The van der Waals surface area contributed by atoms with Crippen molar-refractivity contribution in [3.63, 3.8) is 0 Å². The molecule has 0 aliphatic heterocycles. The zero-order valence-corrected chi connectivity index (χ0v) is 28.9. The van der Waals surface area contributed by atoms with E-state index in [1.807, 2.05) is 83.8 Å². The topological polar surface area (TPSA) is 112 Å². The highest BCUT2D eigenvalue weighted by Crippen LogP contribution is 2.40. The molecule has 0 atom stereocenters. The van der Waals surface area contributed by atoms with Gasteiger partial charge in [-0.25, -0.2) is 9.97 Å². The Bertz CT molecular complexity index is 1870. The number of aromatic nitrogens is 4. The number of carbonyl (C=O) groups excluding carboxylic acids is 2. The molecule has 248 valence electrons. The Morgan fingerprint density at radius 2 is 1.24 bits per heavy atom. The summed E-state index contributed by atoms with van der Waals surface area (Å²) in [5, 5.41) is 8.74. The van der Waals surface area contributed by atoms with Gasteiger partial charge in [-0.3, -0.25) is 9.59 Å². The first-order valence-electron chi connectivity index (χ1n) is 15.3. The van der Waals surface area contributed by atoms with E-state index in [1.54, 1.807) is 24.7 Å². The molecule has 0 fully saturated rings. The minimum Gasteiger partial charge on any atom is -0.459 e. The number of nitrogens with zero attached hydrogens (tertiary/aromatic N) is 5. The van der Waals surface area contributed by atoms with E-state index in [-0.39, 0.29) is 42.1 Å². The molecule has 6 rings (SSSR count). The van der Waals surface area contributed by atoms with Gasteiger partial charge in [0.1, 0.15) is 18.8 Å². The van der Waals surface area contributed by atoms with Gasteiger partial charge in [-0.1, -0.05) is 103 Å². The average molecular weight is 719 g/mol. The third kappa shape index (κ3) is 8.97. The van der Waals surface area contributed by atoms with Crippen LogP contribution < -0.4 is 0 Å². The predicted molar refractivity (Wildman–Crippen MR) is 191 cm³/mol. The van der Waals surface area contributed by atoms with Gasteiger partial charge >= 0.3 is 11.9 Å². The summed E-state index contributed by atoms with van der Waals surface area (Å²) in [5.41, 5.74) is 5.98. The molecule has 2 aromatic heterocycles. The standard InChI is InChI=1S/C25H22N2O2.C14H13N3O2.BrH/c1-20(28)29-18-24-17-27(19-26-24)25(21-11-5-2-6-12-21,22-13-7-3-8-14-22)23-15-9-4-10-16-23;1-11(18)19-9-14-7-16-10-17(14)8-13-4-2-12(6-15)3-5-13;/h2-17,19H,18H2,1H3;2-5,7,10H,8-9H2,1H3;1H. The lowest BCUT2D eigenvalue weighted by atomic mass is 9.77. The molecule has 49 heavy (non-hydrogen) atoms. The molecule has 0 saturated carbocycles. The largest absolute Gasteiger partial charge is 0.459 e. The van der Waals surface area contributed by atoms with Crippen molar-refractivity contribution in [3.05, 3.63) is 180 Å². The van der Waals surface area contributed by atoms with Crippen molar-refractivity contribution >= 4 is 28.9 Å². The summed E-state index contributed by atoms with van der Waals surface area (Å²) in [6.45, 7) is 3.77. The first kappa shape index (κ1) is 36.1. The monoisotopic (exact) mass is 717 g/mol. The molecule has 0 radical (unpaired) electrons. The average Bonchev–Trinajstić information content (AvgIpc) is 3.79. The number of rotatable bonds is 10. The third-order valence-electron chi connectivity index (χ3n) is 7.68. The van der Waals surface area contributed by atoms with Crippen LogP contribution in [0.3, 0.4) is 0 Å². The SMILES string of the molecule is Br.CC(=O)OCc1cn(C(c2ccccc2)(c2ccccc2)c2ccccc2)cn1.CC(=O)OCc1cncn1Cc1ccc(C#N)cc1. The molecular weight excluding hydrogens is 682 g/mol. The highest BCUT2D eigenvalue weighted by atomic mass is 79.9. The fourth-order valence-corrected chi connectivity index (χ4v) is 5.45. The number of esters is 2. The van der Waals surface area contributed by atoms with Gasteiger partial charge in [0.25, 0.3) is 0 Å². The Kier molecular flexibility index (Phi) is 12.8. The molecule has 0 aliphatic rings. The van der Waals surface area contributed by atoms with Crippen LogP contribution in [0, 0.1) is 11.3 Å². The lowest BCUT2D eigenvalue weighted by molar-refractivity contribution is -0.143. The van der Waals surface area contributed by atoms with E-state index in [4.69, 9.17) is 14.7 Å². The molecule has 0 amide bonds. The van der Waals surface area contributed by atoms with Crippen LogP contribution in [0.25, 0.3) is 0 Å². The lowest BCUT2D eigenvalue weighted by Crippen LogP contribution is -2.36. The minimum absolute atomic E-state index is 0. The summed E-state index contributed by atoms with van der Waals surface area (Å²) in [6.07, 6.45) is 7.13. The highest BCUT2D eigenvalue weighted by Gasteiger charge is 2.38. The quantitative estimate of drug-likeness (QED) is 0.109. The molecule has 9 nitrogen and oxygen atoms in total. The molecule has 4 aromatic carbocycles. The van der Waals surface area contributed by atoms with Crippen LogP contribution in [-0.4, -0.2) is 31.0 Å². The van der Waals surface area contributed by atoms with E-state index in [9.17, 15) is 9.59 Å². The van der Waals surface area contributed by atoms with Crippen LogP contribution >= 0.6 is 17.0 Å². The van der Waals surface area contributed by atoms with Crippen molar-refractivity contribution in [2.75, 3.05) is 0 Å². The van der Waals surface area contributed by atoms with E-state index in [1.165, 1.54) is 13.8 Å². The van der Waals surface area contributed by atoms with Gasteiger partial charge in [-0.2, -0.15) is 5.26 Å². The van der Waals surface area contributed by atoms with Crippen LogP contribution in [-0.2, 0) is 44.4 Å². The van der Waals surface area contributed by atoms with Gasteiger partial charge in [-0.05, 0) is 34.4 Å². The third-order valence-corrected chi connectivity index (χ3v) is 7.68. The van der Waals surface area contributed by atoms with Crippen LogP contribution in [0.4, 0.5) is 0 Å². The second-order valence-corrected chi connectivity index (χ2v) is 11.0. The summed E-state index contributed by atoms with van der Waals surface area (Å²) in [5.74, 6) is -0.633. The fraction of sp³-hybridized carbons (Fsp3) is 0.154. The zero-order chi connectivity index (χ0) is 33.8. The summed E-state index contributed by atoms with van der Waals surface area (Å²) < 4.78 is 14.1. The summed E-state index contributed by atoms with van der Waals surface area (Å²) in [7, 11) is 0. The van der Waals surface area contributed by atoms with Crippen LogP contribution in [0.2, 0.25) is 0 Å². The summed E-state index contributed by atoms with van der Waals surface area (Å²) in [4.78, 5) is 30.6. The fourth-order valence-electron chi connectivity index (χ4n) is 5.45. The van der Waals surface area contributed by atoms with Crippen LogP contribution in [0.5, 0.6) is 0 Å². The van der Waals surface area contributed by atoms with E-state index >= 15 is 0 Å². The van der Waals surface area contributed by atoms with E-state index in [0.29, 0.717) is 17.8 Å².